The lowest BCUT2D eigenvalue weighted by Crippen LogP contribution is -2.40. The number of amides is 3. The number of thioether (sulfide) groups is 1. The number of benzene rings is 2. The number of carbonyl (C=O) groups is 3. The van der Waals surface area contributed by atoms with E-state index in [4.69, 9.17) is 4.74 Å². The molecule has 6 nitrogen and oxygen atoms in total. The van der Waals surface area contributed by atoms with Crippen LogP contribution < -0.4 is 0 Å². The number of morpholine rings is 1. The van der Waals surface area contributed by atoms with E-state index in [2.05, 4.69) is 0 Å². The number of hydrogen-bond donors (Lipinski definition) is 0. The fraction of sp³-hybridized carbons (Fsp3) is 0.227. The van der Waals surface area contributed by atoms with Gasteiger partial charge in [-0.1, -0.05) is 18.2 Å². The number of imide groups is 1. The van der Waals surface area contributed by atoms with Crippen molar-refractivity contribution >= 4 is 34.9 Å². The molecule has 2 aliphatic rings. The van der Waals surface area contributed by atoms with Crippen molar-refractivity contribution in [3.8, 4) is 0 Å². The quantitative estimate of drug-likeness (QED) is 0.674. The zero-order valence-corrected chi connectivity index (χ0v) is 17.2. The van der Waals surface area contributed by atoms with Gasteiger partial charge in [0, 0.05) is 24.2 Å². The van der Waals surface area contributed by atoms with E-state index in [-0.39, 0.29) is 16.4 Å². The molecule has 31 heavy (non-hydrogen) atoms. The number of ether oxygens (including phenoxy) is 1. The third kappa shape index (κ3) is 4.52. The van der Waals surface area contributed by atoms with Crippen molar-refractivity contribution in [3.05, 3.63) is 75.7 Å². The second kappa shape index (κ2) is 8.99. The van der Waals surface area contributed by atoms with Crippen LogP contribution in [0.15, 0.2) is 47.4 Å². The summed E-state index contributed by atoms with van der Waals surface area (Å²) < 4.78 is 33.0. The smallest absolute Gasteiger partial charge is 0.293 e. The van der Waals surface area contributed by atoms with E-state index in [1.54, 1.807) is 29.2 Å². The summed E-state index contributed by atoms with van der Waals surface area (Å²) in [5, 5.41) is -0.599. The van der Waals surface area contributed by atoms with Crippen molar-refractivity contribution < 1.29 is 27.9 Å². The summed E-state index contributed by atoms with van der Waals surface area (Å²) in [5.74, 6) is -2.35. The molecule has 0 radical (unpaired) electrons. The number of halogens is 2. The first-order valence-electron chi connectivity index (χ1n) is 9.59. The van der Waals surface area contributed by atoms with E-state index in [1.165, 1.54) is 12.1 Å². The Hall–Kier alpha value is -3.04. The topological polar surface area (TPSA) is 66.9 Å². The molecular formula is C22H18F2N2O4S. The van der Waals surface area contributed by atoms with Gasteiger partial charge in [0.15, 0.2) is 0 Å². The van der Waals surface area contributed by atoms with Crippen LogP contribution in [0.25, 0.3) is 6.08 Å². The summed E-state index contributed by atoms with van der Waals surface area (Å²) in [6, 6.07) is 10.0. The van der Waals surface area contributed by atoms with Crippen LogP contribution >= 0.6 is 11.8 Å². The maximum atomic E-state index is 13.9. The van der Waals surface area contributed by atoms with E-state index in [0.29, 0.717) is 49.2 Å². The second-order valence-electron chi connectivity index (χ2n) is 6.99. The van der Waals surface area contributed by atoms with E-state index in [1.807, 2.05) is 0 Å². The molecule has 2 heterocycles. The van der Waals surface area contributed by atoms with Crippen molar-refractivity contribution in [1.82, 2.24) is 9.80 Å². The molecule has 4 rings (SSSR count). The van der Waals surface area contributed by atoms with Gasteiger partial charge in [0.25, 0.3) is 17.1 Å². The number of rotatable bonds is 4. The largest absolute Gasteiger partial charge is 0.378 e. The third-order valence-electron chi connectivity index (χ3n) is 5.01. The van der Waals surface area contributed by atoms with Gasteiger partial charge in [-0.3, -0.25) is 19.3 Å². The summed E-state index contributed by atoms with van der Waals surface area (Å²) in [6.07, 6.45) is 1.52. The van der Waals surface area contributed by atoms with Gasteiger partial charge in [-0.25, -0.2) is 8.78 Å². The molecule has 9 heteroatoms. The summed E-state index contributed by atoms with van der Waals surface area (Å²) in [6.45, 7) is 1.62. The average Bonchev–Trinajstić information content (AvgIpc) is 3.04. The summed E-state index contributed by atoms with van der Waals surface area (Å²) in [7, 11) is 0. The number of nitrogens with zero attached hydrogens (tertiary/aromatic N) is 2. The first-order valence-corrected chi connectivity index (χ1v) is 10.4. The van der Waals surface area contributed by atoms with E-state index < -0.39 is 29.3 Å². The SMILES string of the molecule is O=C(c1ccc(/C=C2\SC(=O)N(Cc3c(F)cccc3F)C2=O)cc1)N1CCOCC1. The third-order valence-corrected chi connectivity index (χ3v) is 5.91. The maximum absolute atomic E-state index is 13.9. The Kier molecular flexibility index (Phi) is 6.15. The van der Waals surface area contributed by atoms with E-state index in [9.17, 15) is 23.2 Å². The molecular weight excluding hydrogens is 426 g/mol. The Bertz CT molecular complexity index is 1050. The standard InChI is InChI=1S/C22H18F2N2O4S/c23-17-2-1-3-18(24)16(17)13-26-21(28)19(31-22(26)29)12-14-4-6-15(7-5-14)20(27)25-8-10-30-11-9-25/h1-7,12H,8-11,13H2/b19-12-. The summed E-state index contributed by atoms with van der Waals surface area (Å²) >= 11 is 0.705. The van der Waals surface area contributed by atoms with Gasteiger partial charge in [-0.2, -0.15) is 0 Å². The zero-order chi connectivity index (χ0) is 22.0. The van der Waals surface area contributed by atoms with Crippen LogP contribution in [0, 0.1) is 11.6 Å². The zero-order valence-electron chi connectivity index (χ0n) is 16.3. The van der Waals surface area contributed by atoms with Gasteiger partial charge in [-0.15, -0.1) is 0 Å². The Morgan fingerprint density at radius 3 is 2.32 bits per heavy atom. The lowest BCUT2D eigenvalue weighted by molar-refractivity contribution is -0.123. The molecule has 0 aromatic heterocycles. The van der Waals surface area contributed by atoms with Crippen molar-refractivity contribution in [3.63, 3.8) is 0 Å². The van der Waals surface area contributed by atoms with Gasteiger partial charge in [-0.05, 0) is 47.7 Å². The highest BCUT2D eigenvalue weighted by Crippen LogP contribution is 2.34. The molecule has 2 aliphatic heterocycles. The lowest BCUT2D eigenvalue weighted by Gasteiger charge is -2.26. The molecule has 0 N–H and O–H groups in total. The Morgan fingerprint density at radius 2 is 1.68 bits per heavy atom. The summed E-state index contributed by atoms with van der Waals surface area (Å²) in [4.78, 5) is 40.1. The van der Waals surface area contributed by atoms with Crippen LogP contribution in [-0.2, 0) is 16.1 Å². The minimum atomic E-state index is -0.816. The Morgan fingerprint density at radius 1 is 1.03 bits per heavy atom. The first kappa shape index (κ1) is 21.2. The van der Waals surface area contributed by atoms with Crippen LogP contribution in [0.1, 0.15) is 21.5 Å². The molecule has 0 spiro atoms. The van der Waals surface area contributed by atoms with Gasteiger partial charge in [0.2, 0.25) is 0 Å². The Labute approximate surface area is 181 Å². The molecule has 0 atom stereocenters. The van der Waals surface area contributed by atoms with Crippen LogP contribution in [0.2, 0.25) is 0 Å². The minimum Gasteiger partial charge on any atom is -0.378 e. The van der Waals surface area contributed by atoms with Gasteiger partial charge < -0.3 is 9.64 Å². The highest BCUT2D eigenvalue weighted by atomic mass is 32.2. The highest BCUT2D eigenvalue weighted by Gasteiger charge is 2.36. The molecule has 160 valence electrons. The normalized spacial score (nSPS) is 18.2. The molecule has 2 fully saturated rings. The van der Waals surface area contributed by atoms with Crippen molar-refractivity contribution in [2.75, 3.05) is 26.3 Å². The molecule has 0 aliphatic carbocycles. The maximum Gasteiger partial charge on any atom is 0.293 e. The lowest BCUT2D eigenvalue weighted by atomic mass is 10.1. The molecule has 0 bridgehead atoms. The molecule has 2 aromatic carbocycles. The molecule has 0 saturated carbocycles. The molecule has 2 aromatic rings. The van der Waals surface area contributed by atoms with Crippen LogP contribution in [0.3, 0.4) is 0 Å². The number of hydrogen-bond acceptors (Lipinski definition) is 5. The van der Waals surface area contributed by atoms with Crippen molar-refractivity contribution in [2.45, 2.75) is 6.54 Å². The highest BCUT2D eigenvalue weighted by molar-refractivity contribution is 8.18. The first-order chi connectivity index (χ1) is 14.9. The number of carbonyl (C=O) groups excluding carboxylic acids is 3. The Balaban J connectivity index is 1.48. The van der Waals surface area contributed by atoms with Crippen LogP contribution in [-0.4, -0.2) is 53.2 Å². The fourth-order valence-corrected chi connectivity index (χ4v) is 4.14. The van der Waals surface area contributed by atoms with Crippen molar-refractivity contribution in [1.29, 1.82) is 0 Å². The predicted octanol–water partition coefficient (Wildman–Crippen LogP) is 3.67. The molecule has 3 amide bonds. The van der Waals surface area contributed by atoms with Crippen molar-refractivity contribution in [2.24, 2.45) is 0 Å². The van der Waals surface area contributed by atoms with Gasteiger partial charge >= 0.3 is 0 Å². The van der Waals surface area contributed by atoms with Gasteiger partial charge in [0.1, 0.15) is 11.6 Å². The predicted molar refractivity (Wildman–Crippen MR) is 111 cm³/mol. The van der Waals surface area contributed by atoms with Gasteiger partial charge in [0.05, 0.1) is 24.7 Å². The molecule has 0 unspecified atom stereocenters. The monoisotopic (exact) mass is 444 g/mol. The van der Waals surface area contributed by atoms with Crippen LogP contribution in [0.5, 0.6) is 0 Å². The fourth-order valence-electron chi connectivity index (χ4n) is 3.30. The van der Waals surface area contributed by atoms with E-state index in [0.717, 1.165) is 17.0 Å². The summed E-state index contributed by atoms with van der Waals surface area (Å²) in [5.41, 5.74) is 0.806. The van der Waals surface area contributed by atoms with E-state index >= 15 is 0 Å². The second-order valence-corrected chi connectivity index (χ2v) is 7.99. The average molecular weight is 444 g/mol. The minimum absolute atomic E-state index is 0.0953. The molecule has 2 saturated heterocycles. The van der Waals surface area contributed by atoms with Crippen LogP contribution in [0.4, 0.5) is 13.6 Å².